The Balaban J connectivity index is 2.12. The third-order valence-corrected chi connectivity index (χ3v) is 3.30. The first kappa shape index (κ1) is 12.8. The Kier molecular flexibility index (Phi) is 3.79. The van der Waals surface area contributed by atoms with Crippen LogP contribution in [0, 0.1) is 0 Å². The molecule has 0 saturated heterocycles. The Labute approximate surface area is 107 Å². The quantitative estimate of drug-likeness (QED) is 0.837. The van der Waals surface area contributed by atoms with Crippen molar-refractivity contribution >= 4 is 0 Å². The van der Waals surface area contributed by atoms with E-state index in [1.54, 1.807) is 6.33 Å². The summed E-state index contributed by atoms with van der Waals surface area (Å²) in [4.78, 5) is 4.08. The van der Waals surface area contributed by atoms with Gasteiger partial charge in [-0.3, -0.25) is 0 Å². The zero-order valence-corrected chi connectivity index (χ0v) is 10.8. The van der Waals surface area contributed by atoms with Gasteiger partial charge in [0.2, 0.25) is 0 Å². The first-order valence-electron chi connectivity index (χ1n) is 6.02. The maximum atomic E-state index is 9.65. The fraction of sp³-hybridized carbons (Fsp3) is 0.357. The molecule has 1 atom stereocenters. The van der Waals surface area contributed by atoms with E-state index in [0.29, 0.717) is 6.54 Å². The number of rotatable bonds is 5. The Bertz CT molecular complexity index is 495. The van der Waals surface area contributed by atoms with Gasteiger partial charge < -0.3 is 15.0 Å². The molecule has 0 radical (unpaired) electrons. The lowest BCUT2D eigenvalue weighted by Crippen LogP contribution is -2.42. The third-order valence-electron chi connectivity index (χ3n) is 3.30. The largest absolute Gasteiger partial charge is 0.394 e. The summed E-state index contributed by atoms with van der Waals surface area (Å²) in [5.41, 5.74) is 1.73. The van der Waals surface area contributed by atoms with E-state index in [0.717, 1.165) is 11.3 Å². The van der Waals surface area contributed by atoms with Gasteiger partial charge in [0.1, 0.15) is 0 Å². The van der Waals surface area contributed by atoms with Crippen LogP contribution in [0.3, 0.4) is 0 Å². The molecule has 0 fully saturated rings. The molecule has 0 spiro atoms. The lowest BCUT2D eigenvalue weighted by atomic mass is 9.93. The number of hydrogen-bond acceptors (Lipinski definition) is 3. The summed E-state index contributed by atoms with van der Waals surface area (Å²) in [6.45, 7) is 2.72. The van der Waals surface area contributed by atoms with Crippen LogP contribution in [-0.2, 0) is 19.1 Å². The zero-order chi connectivity index (χ0) is 13.0. The molecule has 0 bridgehead atoms. The molecule has 4 heteroatoms. The van der Waals surface area contributed by atoms with Crippen LogP contribution >= 0.6 is 0 Å². The summed E-state index contributed by atoms with van der Waals surface area (Å²) < 4.78 is 1.97. The predicted octanol–water partition coefficient (Wildman–Crippen LogP) is 1.42. The van der Waals surface area contributed by atoms with E-state index in [1.807, 2.05) is 55.1 Å². The van der Waals surface area contributed by atoms with Crippen LogP contribution in [-0.4, -0.2) is 21.3 Å². The van der Waals surface area contributed by atoms with Crippen molar-refractivity contribution in [1.82, 2.24) is 14.9 Å². The van der Waals surface area contributed by atoms with Gasteiger partial charge in [0, 0.05) is 19.8 Å². The molecular weight excluding hydrogens is 226 g/mol. The summed E-state index contributed by atoms with van der Waals surface area (Å²) in [6, 6.07) is 9.98. The minimum absolute atomic E-state index is 0.0505. The number of benzene rings is 1. The summed E-state index contributed by atoms with van der Waals surface area (Å²) >= 11 is 0. The fourth-order valence-electron chi connectivity index (χ4n) is 1.90. The fourth-order valence-corrected chi connectivity index (χ4v) is 1.90. The molecule has 1 aromatic heterocycles. The van der Waals surface area contributed by atoms with E-state index in [1.165, 1.54) is 0 Å². The molecule has 1 unspecified atom stereocenters. The highest BCUT2D eigenvalue weighted by molar-refractivity contribution is 5.23. The van der Waals surface area contributed by atoms with Gasteiger partial charge in [-0.2, -0.15) is 0 Å². The second kappa shape index (κ2) is 5.33. The summed E-state index contributed by atoms with van der Waals surface area (Å²) in [5.74, 6) is 0. The molecule has 0 saturated carbocycles. The third kappa shape index (κ3) is 2.60. The van der Waals surface area contributed by atoms with Crippen LogP contribution in [0.4, 0.5) is 0 Å². The molecule has 1 aromatic carbocycles. The van der Waals surface area contributed by atoms with Crippen LogP contribution in [0.2, 0.25) is 0 Å². The lowest BCUT2D eigenvalue weighted by Gasteiger charge is -2.29. The molecule has 0 aliphatic carbocycles. The van der Waals surface area contributed by atoms with Gasteiger partial charge >= 0.3 is 0 Å². The van der Waals surface area contributed by atoms with Gasteiger partial charge in [-0.05, 0) is 12.5 Å². The Morgan fingerprint density at radius 1 is 1.33 bits per heavy atom. The van der Waals surface area contributed by atoms with E-state index in [-0.39, 0.29) is 6.61 Å². The Morgan fingerprint density at radius 2 is 2.06 bits per heavy atom. The van der Waals surface area contributed by atoms with Crippen LogP contribution in [0.25, 0.3) is 0 Å². The lowest BCUT2D eigenvalue weighted by molar-refractivity contribution is 0.173. The van der Waals surface area contributed by atoms with Crippen molar-refractivity contribution in [2.75, 3.05) is 6.61 Å². The standard InChI is InChI=1S/C14H19N3O/c1-14(10-18,12-6-4-3-5-7-12)16-9-13-8-15-11-17(13)2/h3-8,11,16,18H,9-10H2,1-2H3. The average molecular weight is 245 g/mol. The number of aryl methyl sites for hydroxylation is 1. The van der Waals surface area contributed by atoms with Gasteiger partial charge in [0.25, 0.3) is 0 Å². The molecule has 2 aromatic rings. The molecule has 0 aliphatic heterocycles. The van der Waals surface area contributed by atoms with Gasteiger partial charge in [0.15, 0.2) is 0 Å². The smallest absolute Gasteiger partial charge is 0.0945 e. The topological polar surface area (TPSA) is 50.1 Å². The summed E-state index contributed by atoms with van der Waals surface area (Å²) in [5, 5.41) is 13.0. The molecule has 96 valence electrons. The second-order valence-corrected chi connectivity index (χ2v) is 4.71. The minimum atomic E-state index is -0.439. The molecule has 18 heavy (non-hydrogen) atoms. The van der Waals surface area contributed by atoms with Crippen molar-refractivity contribution < 1.29 is 5.11 Å². The highest BCUT2D eigenvalue weighted by Crippen LogP contribution is 2.20. The van der Waals surface area contributed by atoms with Gasteiger partial charge in [0.05, 0.1) is 24.2 Å². The van der Waals surface area contributed by atoms with Crippen molar-refractivity contribution in [3.05, 3.63) is 54.1 Å². The molecule has 1 heterocycles. The monoisotopic (exact) mass is 245 g/mol. The van der Waals surface area contributed by atoms with E-state index >= 15 is 0 Å². The van der Waals surface area contributed by atoms with E-state index in [9.17, 15) is 5.11 Å². The van der Waals surface area contributed by atoms with Crippen molar-refractivity contribution in [1.29, 1.82) is 0 Å². The number of nitrogens with one attached hydrogen (secondary N) is 1. The van der Waals surface area contributed by atoms with Crippen molar-refractivity contribution in [3.63, 3.8) is 0 Å². The number of aliphatic hydroxyl groups excluding tert-OH is 1. The molecular formula is C14H19N3O. The molecule has 2 rings (SSSR count). The second-order valence-electron chi connectivity index (χ2n) is 4.71. The van der Waals surface area contributed by atoms with E-state index < -0.39 is 5.54 Å². The maximum absolute atomic E-state index is 9.65. The minimum Gasteiger partial charge on any atom is -0.394 e. The van der Waals surface area contributed by atoms with Crippen molar-refractivity contribution in [3.8, 4) is 0 Å². The number of hydrogen-bond donors (Lipinski definition) is 2. The number of imidazole rings is 1. The summed E-state index contributed by atoms with van der Waals surface area (Å²) in [6.07, 6.45) is 3.60. The van der Waals surface area contributed by atoms with Crippen LogP contribution in [0.5, 0.6) is 0 Å². The normalized spacial score (nSPS) is 14.4. The van der Waals surface area contributed by atoms with Crippen molar-refractivity contribution in [2.24, 2.45) is 7.05 Å². The predicted molar refractivity (Wildman–Crippen MR) is 70.9 cm³/mol. The first-order valence-corrected chi connectivity index (χ1v) is 6.02. The zero-order valence-electron chi connectivity index (χ0n) is 10.8. The molecule has 0 amide bonds. The van der Waals surface area contributed by atoms with E-state index in [4.69, 9.17) is 0 Å². The maximum Gasteiger partial charge on any atom is 0.0945 e. The molecule has 0 aliphatic rings. The highest BCUT2D eigenvalue weighted by Gasteiger charge is 2.24. The van der Waals surface area contributed by atoms with Gasteiger partial charge in [-0.1, -0.05) is 30.3 Å². The van der Waals surface area contributed by atoms with Gasteiger partial charge in [-0.25, -0.2) is 4.98 Å². The van der Waals surface area contributed by atoms with Crippen LogP contribution in [0.1, 0.15) is 18.2 Å². The van der Waals surface area contributed by atoms with Crippen LogP contribution in [0.15, 0.2) is 42.9 Å². The Hall–Kier alpha value is -1.65. The summed E-state index contributed by atoms with van der Waals surface area (Å²) in [7, 11) is 1.96. The Morgan fingerprint density at radius 3 is 2.61 bits per heavy atom. The molecule has 2 N–H and O–H groups in total. The average Bonchev–Trinajstić information content (AvgIpc) is 2.83. The SMILES string of the molecule is Cn1cncc1CNC(C)(CO)c1ccccc1. The number of aromatic nitrogens is 2. The van der Waals surface area contributed by atoms with E-state index in [2.05, 4.69) is 10.3 Å². The van der Waals surface area contributed by atoms with Crippen LogP contribution < -0.4 is 5.32 Å². The van der Waals surface area contributed by atoms with Crippen molar-refractivity contribution in [2.45, 2.75) is 19.0 Å². The first-order chi connectivity index (χ1) is 8.65. The van der Waals surface area contributed by atoms with Gasteiger partial charge in [-0.15, -0.1) is 0 Å². The number of nitrogens with zero attached hydrogens (tertiary/aromatic N) is 2. The molecule has 4 nitrogen and oxygen atoms in total. The number of aliphatic hydroxyl groups is 1. The highest BCUT2D eigenvalue weighted by atomic mass is 16.3.